The summed E-state index contributed by atoms with van der Waals surface area (Å²) >= 11 is 0. The van der Waals surface area contributed by atoms with Crippen LogP contribution in [0.25, 0.3) is 0 Å². The SMILES string of the molecule is CCCCN1C(=O)C(C)Oc2ccc(NC(=O)CCC3CCCCC3)cc21. The van der Waals surface area contributed by atoms with Crippen LogP contribution in [0.3, 0.4) is 0 Å². The van der Waals surface area contributed by atoms with Gasteiger partial charge in [0.05, 0.1) is 5.69 Å². The third-order valence-corrected chi connectivity index (χ3v) is 5.69. The number of nitrogens with zero attached hydrogens (tertiary/aromatic N) is 1. The summed E-state index contributed by atoms with van der Waals surface area (Å²) in [5.41, 5.74) is 1.49. The second-order valence-corrected chi connectivity index (χ2v) is 7.88. The molecule has 27 heavy (non-hydrogen) atoms. The lowest BCUT2D eigenvalue weighted by Gasteiger charge is -2.33. The van der Waals surface area contributed by atoms with Crippen LogP contribution in [0.1, 0.15) is 71.6 Å². The average Bonchev–Trinajstić information content (AvgIpc) is 2.68. The number of amides is 2. The topological polar surface area (TPSA) is 58.6 Å². The third-order valence-electron chi connectivity index (χ3n) is 5.69. The minimum Gasteiger partial charge on any atom is -0.479 e. The first-order valence-corrected chi connectivity index (χ1v) is 10.5. The van der Waals surface area contributed by atoms with Crippen LogP contribution >= 0.6 is 0 Å². The van der Waals surface area contributed by atoms with E-state index in [4.69, 9.17) is 4.74 Å². The van der Waals surface area contributed by atoms with Crippen molar-refractivity contribution in [2.75, 3.05) is 16.8 Å². The molecule has 0 radical (unpaired) electrons. The predicted octanol–water partition coefficient (Wildman–Crippen LogP) is 4.90. The molecule has 1 aliphatic heterocycles. The highest BCUT2D eigenvalue weighted by Gasteiger charge is 2.31. The predicted molar refractivity (Wildman–Crippen MR) is 108 cm³/mol. The number of hydrogen-bond acceptors (Lipinski definition) is 3. The van der Waals surface area contributed by atoms with Crippen LogP contribution in [-0.2, 0) is 9.59 Å². The number of ether oxygens (including phenoxy) is 1. The highest BCUT2D eigenvalue weighted by molar-refractivity contribution is 6.01. The smallest absolute Gasteiger partial charge is 0.267 e. The van der Waals surface area contributed by atoms with Crippen LogP contribution < -0.4 is 15.0 Å². The molecule has 148 valence electrons. The standard InChI is InChI=1S/C22H32N2O3/c1-3-4-14-24-19-15-18(11-12-20(19)27-16(2)22(24)26)23-21(25)13-10-17-8-6-5-7-9-17/h11-12,15-17H,3-10,13-14H2,1-2H3,(H,23,25). The molecule has 1 N–H and O–H groups in total. The zero-order valence-electron chi connectivity index (χ0n) is 16.6. The molecule has 5 heteroatoms. The quantitative estimate of drug-likeness (QED) is 0.740. The number of nitrogens with one attached hydrogen (secondary N) is 1. The Morgan fingerprint density at radius 2 is 2.04 bits per heavy atom. The molecule has 1 aromatic rings. The van der Waals surface area contributed by atoms with Crippen molar-refractivity contribution < 1.29 is 14.3 Å². The van der Waals surface area contributed by atoms with Crippen molar-refractivity contribution in [2.45, 2.75) is 77.7 Å². The number of carbonyl (C=O) groups is 2. The van der Waals surface area contributed by atoms with E-state index in [0.29, 0.717) is 24.6 Å². The summed E-state index contributed by atoms with van der Waals surface area (Å²) in [5, 5.41) is 3.00. The first-order valence-electron chi connectivity index (χ1n) is 10.5. The van der Waals surface area contributed by atoms with Crippen LogP contribution in [0.4, 0.5) is 11.4 Å². The Hall–Kier alpha value is -2.04. The molecular formula is C22H32N2O3. The number of hydrogen-bond donors (Lipinski definition) is 1. The van der Waals surface area contributed by atoms with Gasteiger partial charge in [-0.15, -0.1) is 0 Å². The van der Waals surface area contributed by atoms with E-state index in [9.17, 15) is 9.59 Å². The van der Waals surface area contributed by atoms with Crippen molar-refractivity contribution in [2.24, 2.45) is 5.92 Å². The Kier molecular flexibility index (Phi) is 6.75. The fourth-order valence-corrected chi connectivity index (χ4v) is 4.07. The van der Waals surface area contributed by atoms with Crippen molar-refractivity contribution in [3.8, 4) is 5.75 Å². The van der Waals surface area contributed by atoms with E-state index in [1.54, 1.807) is 11.8 Å². The molecule has 1 atom stereocenters. The molecule has 1 aromatic carbocycles. The molecule has 2 amide bonds. The number of benzene rings is 1. The van der Waals surface area contributed by atoms with Crippen LogP contribution in [0.15, 0.2) is 18.2 Å². The summed E-state index contributed by atoms with van der Waals surface area (Å²) in [6.07, 6.45) is 9.49. The van der Waals surface area contributed by atoms with Gasteiger partial charge < -0.3 is 15.0 Å². The van der Waals surface area contributed by atoms with Gasteiger partial charge in [0.25, 0.3) is 5.91 Å². The lowest BCUT2D eigenvalue weighted by atomic mass is 9.86. The molecular weight excluding hydrogens is 340 g/mol. The Labute approximate surface area is 162 Å². The third kappa shape index (κ3) is 5.02. The van der Waals surface area contributed by atoms with Crippen molar-refractivity contribution >= 4 is 23.2 Å². The first-order chi connectivity index (χ1) is 13.1. The van der Waals surface area contributed by atoms with Gasteiger partial charge in [0, 0.05) is 18.7 Å². The number of anilines is 2. The molecule has 1 saturated carbocycles. The van der Waals surface area contributed by atoms with Crippen LogP contribution in [-0.4, -0.2) is 24.5 Å². The molecule has 5 nitrogen and oxygen atoms in total. The van der Waals surface area contributed by atoms with E-state index in [1.807, 2.05) is 18.2 Å². The zero-order chi connectivity index (χ0) is 19.2. The minimum absolute atomic E-state index is 0.0169. The summed E-state index contributed by atoms with van der Waals surface area (Å²) in [6, 6.07) is 5.58. The first kappa shape index (κ1) is 19.7. The van der Waals surface area contributed by atoms with Gasteiger partial charge in [-0.1, -0.05) is 45.4 Å². The van der Waals surface area contributed by atoms with Crippen molar-refractivity contribution in [1.82, 2.24) is 0 Å². The minimum atomic E-state index is -0.467. The van der Waals surface area contributed by atoms with Gasteiger partial charge in [-0.2, -0.15) is 0 Å². The summed E-state index contributed by atoms with van der Waals surface area (Å²) < 4.78 is 5.74. The van der Waals surface area contributed by atoms with Gasteiger partial charge in [-0.25, -0.2) is 0 Å². The fraction of sp³-hybridized carbons (Fsp3) is 0.636. The molecule has 1 unspecified atom stereocenters. The number of fused-ring (bicyclic) bond motifs is 1. The van der Waals surface area contributed by atoms with Gasteiger partial charge in [-0.3, -0.25) is 9.59 Å². The van der Waals surface area contributed by atoms with Crippen LogP contribution in [0, 0.1) is 5.92 Å². The second kappa shape index (κ2) is 9.25. The second-order valence-electron chi connectivity index (χ2n) is 7.88. The summed E-state index contributed by atoms with van der Waals surface area (Å²) in [5.74, 6) is 1.44. The van der Waals surface area contributed by atoms with Gasteiger partial charge >= 0.3 is 0 Å². The van der Waals surface area contributed by atoms with Gasteiger partial charge in [-0.05, 0) is 43.9 Å². The lowest BCUT2D eigenvalue weighted by molar-refractivity contribution is -0.125. The number of carbonyl (C=O) groups excluding carboxylic acids is 2. The maximum absolute atomic E-state index is 12.5. The molecule has 1 fully saturated rings. The van der Waals surface area contributed by atoms with E-state index < -0.39 is 6.10 Å². The summed E-state index contributed by atoms with van der Waals surface area (Å²) in [7, 11) is 0. The summed E-state index contributed by atoms with van der Waals surface area (Å²) in [4.78, 5) is 26.7. The molecule has 2 aliphatic rings. The van der Waals surface area contributed by atoms with E-state index in [1.165, 1.54) is 32.1 Å². The largest absolute Gasteiger partial charge is 0.479 e. The van der Waals surface area contributed by atoms with Crippen molar-refractivity contribution in [1.29, 1.82) is 0 Å². The monoisotopic (exact) mass is 372 g/mol. The van der Waals surface area contributed by atoms with E-state index in [2.05, 4.69) is 12.2 Å². The maximum atomic E-state index is 12.5. The molecule has 0 bridgehead atoms. The average molecular weight is 373 g/mol. The molecule has 1 aliphatic carbocycles. The lowest BCUT2D eigenvalue weighted by Crippen LogP contribution is -2.44. The van der Waals surface area contributed by atoms with E-state index in [-0.39, 0.29) is 11.8 Å². The van der Waals surface area contributed by atoms with Crippen molar-refractivity contribution in [3.05, 3.63) is 18.2 Å². The molecule has 1 heterocycles. The number of rotatable bonds is 7. The Morgan fingerprint density at radius 1 is 1.26 bits per heavy atom. The van der Waals surface area contributed by atoms with Crippen molar-refractivity contribution in [3.63, 3.8) is 0 Å². The molecule has 3 rings (SSSR count). The van der Waals surface area contributed by atoms with E-state index >= 15 is 0 Å². The van der Waals surface area contributed by atoms with Gasteiger partial charge in [0.2, 0.25) is 5.91 Å². The maximum Gasteiger partial charge on any atom is 0.267 e. The Morgan fingerprint density at radius 3 is 2.78 bits per heavy atom. The fourth-order valence-electron chi connectivity index (χ4n) is 4.07. The van der Waals surface area contributed by atoms with Gasteiger partial charge in [0.15, 0.2) is 6.10 Å². The van der Waals surface area contributed by atoms with Crippen LogP contribution in [0.5, 0.6) is 5.75 Å². The van der Waals surface area contributed by atoms with Gasteiger partial charge in [0.1, 0.15) is 5.75 Å². The van der Waals surface area contributed by atoms with Crippen LogP contribution in [0.2, 0.25) is 0 Å². The molecule has 0 spiro atoms. The number of unbranched alkanes of at least 4 members (excludes halogenated alkanes) is 1. The van der Waals surface area contributed by atoms with E-state index in [0.717, 1.165) is 30.6 Å². The Bertz CT molecular complexity index is 668. The molecule has 0 saturated heterocycles. The summed E-state index contributed by atoms with van der Waals surface area (Å²) in [6.45, 7) is 4.57. The zero-order valence-corrected chi connectivity index (χ0v) is 16.6. The Balaban J connectivity index is 1.64. The molecule has 0 aromatic heterocycles. The highest BCUT2D eigenvalue weighted by Crippen LogP contribution is 2.36. The highest BCUT2D eigenvalue weighted by atomic mass is 16.5. The normalized spacial score (nSPS) is 20.1.